The fourth-order valence-electron chi connectivity index (χ4n) is 1.000. The molecule has 0 aliphatic carbocycles. The number of ether oxygens (including phenoxy) is 1. The van der Waals surface area contributed by atoms with Gasteiger partial charge in [-0.25, -0.2) is 4.79 Å². The highest BCUT2D eigenvalue weighted by Crippen LogP contribution is 2.28. The number of aromatic carboxylic acids is 1. The molecule has 0 radical (unpaired) electrons. The summed E-state index contributed by atoms with van der Waals surface area (Å²) < 4.78 is 5.43. The maximum Gasteiger partial charge on any atom is 0.345 e. The first-order valence-electron chi connectivity index (χ1n) is 4.21. The molecule has 1 heterocycles. The Bertz CT molecular complexity index is 385. The third-order valence-corrected chi connectivity index (χ3v) is 3.56. The number of hydrogen-bond acceptors (Lipinski definition) is 4. The van der Waals surface area contributed by atoms with Crippen LogP contribution in [0.2, 0.25) is 0 Å². The van der Waals surface area contributed by atoms with Gasteiger partial charge in [-0.3, -0.25) is 4.79 Å². The number of carboxylic acids is 1. The number of carboxylic acid groups (broad SMARTS) is 1. The van der Waals surface area contributed by atoms with Gasteiger partial charge in [-0.2, -0.15) is 0 Å². The number of carbonyl (C=O) groups excluding carboxylic acids is 1. The van der Waals surface area contributed by atoms with Gasteiger partial charge >= 0.3 is 11.9 Å². The third-order valence-electron chi connectivity index (χ3n) is 1.61. The molecule has 0 amide bonds. The monoisotopic (exact) mass is 292 g/mol. The van der Waals surface area contributed by atoms with Gasteiger partial charge < -0.3 is 9.84 Å². The molecule has 1 N–H and O–H groups in total. The molecule has 0 spiro atoms. The summed E-state index contributed by atoms with van der Waals surface area (Å²) in [6.45, 7) is 2.05. The molecular weight excluding hydrogens is 284 g/mol. The van der Waals surface area contributed by atoms with E-state index in [-0.39, 0.29) is 17.3 Å². The molecule has 0 bridgehead atoms. The number of halogens is 1. The first-order valence-corrected chi connectivity index (χ1v) is 5.82. The molecule has 0 aliphatic rings. The standard InChI is InChI=1S/C9H9BrO4S/c1-2-14-7(11)4-5-3-6(9(12)13)15-8(5)10/h3H,2,4H2,1H3,(H,12,13). The molecular formula is C9H9BrO4S. The summed E-state index contributed by atoms with van der Waals surface area (Å²) in [5.74, 6) is -1.34. The lowest BCUT2D eigenvalue weighted by Crippen LogP contribution is -2.07. The molecule has 0 saturated carbocycles. The van der Waals surface area contributed by atoms with E-state index in [4.69, 9.17) is 9.84 Å². The number of esters is 1. The minimum absolute atomic E-state index is 0.0954. The van der Waals surface area contributed by atoms with Crippen LogP contribution in [0.4, 0.5) is 0 Å². The van der Waals surface area contributed by atoms with Crippen molar-refractivity contribution in [2.24, 2.45) is 0 Å². The molecule has 1 rings (SSSR count). The molecule has 0 aliphatic heterocycles. The zero-order chi connectivity index (χ0) is 11.4. The van der Waals surface area contributed by atoms with Crippen LogP contribution in [0.5, 0.6) is 0 Å². The minimum atomic E-state index is -0.990. The summed E-state index contributed by atoms with van der Waals surface area (Å²) in [4.78, 5) is 22.0. The van der Waals surface area contributed by atoms with E-state index in [1.807, 2.05) is 0 Å². The second-order valence-corrected chi connectivity index (χ2v) is 5.07. The molecule has 15 heavy (non-hydrogen) atoms. The third kappa shape index (κ3) is 3.32. The SMILES string of the molecule is CCOC(=O)Cc1cc(C(=O)O)sc1Br. The van der Waals surface area contributed by atoms with Crippen molar-refractivity contribution in [2.45, 2.75) is 13.3 Å². The smallest absolute Gasteiger partial charge is 0.345 e. The van der Waals surface area contributed by atoms with Gasteiger partial charge in [0.15, 0.2) is 0 Å². The van der Waals surface area contributed by atoms with E-state index in [1.54, 1.807) is 6.92 Å². The predicted molar refractivity (Wildman–Crippen MR) is 59.3 cm³/mol. The zero-order valence-electron chi connectivity index (χ0n) is 7.95. The van der Waals surface area contributed by atoms with Crippen molar-refractivity contribution in [1.29, 1.82) is 0 Å². The highest BCUT2D eigenvalue weighted by Gasteiger charge is 2.14. The molecule has 6 heteroatoms. The summed E-state index contributed by atoms with van der Waals surface area (Å²) in [5, 5.41) is 8.73. The molecule has 1 aromatic rings. The number of rotatable bonds is 4. The van der Waals surface area contributed by atoms with Gasteiger partial charge in [-0.15, -0.1) is 11.3 Å². The number of hydrogen-bond donors (Lipinski definition) is 1. The lowest BCUT2D eigenvalue weighted by Gasteiger charge is -1.99. The van der Waals surface area contributed by atoms with Crippen molar-refractivity contribution in [2.75, 3.05) is 6.61 Å². The van der Waals surface area contributed by atoms with Crippen molar-refractivity contribution < 1.29 is 19.4 Å². The van der Waals surface area contributed by atoms with Crippen LogP contribution in [0.1, 0.15) is 22.2 Å². The first kappa shape index (κ1) is 12.2. The van der Waals surface area contributed by atoms with E-state index in [0.717, 1.165) is 11.3 Å². The quantitative estimate of drug-likeness (QED) is 0.865. The Balaban J connectivity index is 2.77. The van der Waals surface area contributed by atoms with Crippen molar-refractivity contribution in [3.05, 3.63) is 20.3 Å². The highest BCUT2D eigenvalue weighted by atomic mass is 79.9. The lowest BCUT2D eigenvalue weighted by atomic mass is 10.2. The fourth-order valence-corrected chi connectivity index (χ4v) is 2.52. The molecule has 0 aromatic carbocycles. The molecule has 4 nitrogen and oxygen atoms in total. The van der Waals surface area contributed by atoms with Crippen molar-refractivity contribution in [1.82, 2.24) is 0 Å². The largest absolute Gasteiger partial charge is 0.477 e. The Kier molecular flexibility index (Phi) is 4.28. The van der Waals surface area contributed by atoms with Gasteiger partial charge in [-0.1, -0.05) is 0 Å². The Labute approximate surface area is 99.0 Å². The van der Waals surface area contributed by atoms with Crippen LogP contribution in [-0.4, -0.2) is 23.7 Å². The maximum atomic E-state index is 11.2. The fraction of sp³-hybridized carbons (Fsp3) is 0.333. The van der Waals surface area contributed by atoms with E-state index < -0.39 is 5.97 Å². The number of carbonyl (C=O) groups is 2. The Hall–Kier alpha value is -0.880. The van der Waals surface area contributed by atoms with Crippen molar-refractivity contribution in [3.63, 3.8) is 0 Å². The minimum Gasteiger partial charge on any atom is -0.477 e. The van der Waals surface area contributed by atoms with Crippen LogP contribution in [-0.2, 0) is 16.0 Å². The normalized spacial score (nSPS) is 10.0. The summed E-state index contributed by atoms with van der Waals surface area (Å²) in [6, 6.07) is 1.48. The molecule has 0 fully saturated rings. The van der Waals surface area contributed by atoms with Crippen LogP contribution in [0, 0.1) is 0 Å². The molecule has 0 saturated heterocycles. The van der Waals surface area contributed by atoms with Crippen molar-refractivity contribution in [3.8, 4) is 0 Å². The Morgan fingerprint density at radius 2 is 2.27 bits per heavy atom. The van der Waals surface area contributed by atoms with Crippen LogP contribution in [0.25, 0.3) is 0 Å². The van der Waals surface area contributed by atoms with Crippen molar-refractivity contribution >= 4 is 39.2 Å². The molecule has 0 unspecified atom stereocenters. The van der Waals surface area contributed by atoms with E-state index in [0.29, 0.717) is 16.0 Å². The average molecular weight is 293 g/mol. The van der Waals surface area contributed by atoms with Crippen LogP contribution in [0.3, 0.4) is 0 Å². The first-order chi connectivity index (χ1) is 7.04. The van der Waals surface area contributed by atoms with E-state index >= 15 is 0 Å². The second-order valence-electron chi connectivity index (χ2n) is 2.70. The van der Waals surface area contributed by atoms with Crippen LogP contribution < -0.4 is 0 Å². The van der Waals surface area contributed by atoms with Crippen LogP contribution in [0.15, 0.2) is 9.85 Å². The summed E-state index contributed by atoms with van der Waals surface area (Å²) in [6.07, 6.45) is 0.0954. The summed E-state index contributed by atoms with van der Waals surface area (Å²) in [5.41, 5.74) is 0.649. The lowest BCUT2D eigenvalue weighted by molar-refractivity contribution is -0.142. The van der Waals surface area contributed by atoms with Gasteiger partial charge in [0, 0.05) is 0 Å². The van der Waals surface area contributed by atoms with Gasteiger partial charge in [-0.05, 0) is 34.5 Å². The van der Waals surface area contributed by atoms with Crippen LogP contribution >= 0.6 is 27.3 Å². The Morgan fingerprint density at radius 1 is 1.60 bits per heavy atom. The topological polar surface area (TPSA) is 63.6 Å². The predicted octanol–water partition coefficient (Wildman–Crippen LogP) is 2.31. The van der Waals surface area contributed by atoms with Gasteiger partial charge in [0.2, 0.25) is 0 Å². The summed E-state index contributed by atoms with van der Waals surface area (Å²) >= 11 is 4.30. The van der Waals surface area contributed by atoms with E-state index in [1.165, 1.54) is 6.07 Å². The zero-order valence-corrected chi connectivity index (χ0v) is 10.4. The second kappa shape index (κ2) is 5.27. The Morgan fingerprint density at radius 3 is 2.73 bits per heavy atom. The molecule has 82 valence electrons. The average Bonchev–Trinajstić information content (AvgIpc) is 2.48. The number of thiophene rings is 1. The van der Waals surface area contributed by atoms with E-state index in [9.17, 15) is 9.59 Å². The molecule has 1 aromatic heterocycles. The van der Waals surface area contributed by atoms with Gasteiger partial charge in [0.1, 0.15) is 4.88 Å². The van der Waals surface area contributed by atoms with Gasteiger partial charge in [0.25, 0.3) is 0 Å². The highest BCUT2D eigenvalue weighted by molar-refractivity contribution is 9.11. The van der Waals surface area contributed by atoms with E-state index in [2.05, 4.69) is 15.9 Å². The maximum absolute atomic E-state index is 11.2. The van der Waals surface area contributed by atoms with Gasteiger partial charge in [0.05, 0.1) is 16.8 Å². The summed E-state index contributed by atoms with van der Waals surface area (Å²) in [7, 11) is 0. The molecule has 0 atom stereocenters.